The fourth-order valence-electron chi connectivity index (χ4n) is 2.91. The molecule has 1 heterocycles. The van der Waals surface area contributed by atoms with E-state index in [2.05, 4.69) is 29.3 Å². The minimum absolute atomic E-state index is 0.220. The van der Waals surface area contributed by atoms with E-state index in [9.17, 15) is 5.11 Å². The molecule has 2 atom stereocenters. The zero-order valence-electron chi connectivity index (χ0n) is 12.2. The van der Waals surface area contributed by atoms with Crippen LogP contribution in [0.15, 0.2) is 24.3 Å². The highest BCUT2D eigenvalue weighted by molar-refractivity contribution is 6.30. The van der Waals surface area contributed by atoms with Crippen LogP contribution in [0.2, 0.25) is 5.02 Å². The van der Waals surface area contributed by atoms with Crippen molar-refractivity contribution in [1.82, 2.24) is 10.2 Å². The molecule has 1 aromatic rings. The number of benzene rings is 1. The lowest BCUT2D eigenvalue weighted by atomic mass is 10.0. The van der Waals surface area contributed by atoms with E-state index in [-0.39, 0.29) is 6.61 Å². The van der Waals surface area contributed by atoms with Gasteiger partial charge in [0.2, 0.25) is 0 Å². The number of aliphatic hydroxyl groups is 1. The summed E-state index contributed by atoms with van der Waals surface area (Å²) in [6, 6.07) is 9.06. The summed E-state index contributed by atoms with van der Waals surface area (Å²) in [5.41, 5.74) is 1.30. The highest BCUT2D eigenvalue weighted by Crippen LogP contribution is 2.15. The van der Waals surface area contributed by atoms with Gasteiger partial charge in [0.15, 0.2) is 0 Å². The van der Waals surface area contributed by atoms with Gasteiger partial charge in [0.1, 0.15) is 0 Å². The van der Waals surface area contributed by atoms with Crippen LogP contribution in [-0.2, 0) is 6.42 Å². The third-order valence-corrected chi connectivity index (χ3v) is 4.32. The lowest BCUT2D eigenvalue weighted by Crippen LogP contribution is -2.44. The molecular formula is C16H25ClN2O. The molecule has 1 fully saturated rings. The molecule has 0 radical (unpaired) electrons. The summed E-state index contributed by atoms with van der Waals surface area (Å²) in [6.07, 6.45) is 3.50. The number of hydrogen-bond donors (Lipinski definition) is 2. The molecule has 1 aromatic carbocycles. The highest BCUT2D eigenvalue weighted by atomic mass is 35.5. The Balaban J connectivity index is 1.91. The van der Waals surface area contributed by atoms with E-state index in [4.69, 9.17) is 11.6 Å². The van der Waals surface area contributed by atoms with Gasteiger partial charge in [-0.05, 0) is 50.4 Å². The van der Waals surface area contributed by atoms with Crippen LogP contribution in [0.25, 0.3) is 0 Å². The molecule has 20 heavy (non-hydrogen) atoms. The van der Waals surface area contributed by atoms with E-state index in [1.807, 2.05) is 12.1 Å². The molecule has 4 heteroatoms. The van der Waals surface area contributed by atoms with Gasteiger partial charge < -0.3 is 10.4 Å². The second-order valence-electron chi connectivity index (χ2n) is 5.69. The van der Waals surface area contributed by atoms with Gasteiger partial charge in [-0.1, -0.05) is 23.7 Å². The van der Waals surface area contributed by atoms with Gasteiger partial charge in [-0.3, -0.25) is 4.90 Å². The number of aliphatic hydroxyl groups excluding tert-OH is 1. The van der Waals surface area contributed by atoms with Gasteiger partial charge >= 0.3 is 0 Å². The number of hydrogen-bond acceptors (Lipinski definition) is 3. The molecule has 2 rings (SSSR count). The Morgan fingerprint density at radius 2 is 2.15 bits per heavy atom. The van der Waals surface area contributed by atoms with E-state index in [0.29, 0.717) is 12.1 Å². The molecule has 2 unspecified atom stereocenters. The summed E-state index contributed by atoms with van der Waals surface area (Å²) in [5, 5.41) is 13.6. The Hall–Kier alpha value is -0.610. The lowest BCUT2D eigenvalue weighted by molar-refractivity contribution is 0.146. The second kappa shape index (κ2) is 7.99. The first-order chi connectivity index (χ1) is 9.69. The predicted molar refractivity (Wildman–Crippen MR) is 84.3 cm³/mol. The van der Waals surface area contributed by atoms with E-state index in [0.717, 1.165) is 31.1 Å². The molecule has 2 N–H and O–H groups in total. The molecule has 1 aliphatic rings. The molecule has 0 amide bonds. The first-order valence-electron chi connectivity index (χ1n) is 7.52. The van der Waals surface area contributed by atoms with Crippen molar-refractivity contribution in [2.75, 3.05) is 26.2 Å². The maximum absolute atomic E-state index is 9.28. The van der Waals surface area contributed by atoms with Crippen molar-refractivity contribution < 1.29 is 5.11 Å². The Morgan fingerprint density at radius 3 is 2.75 bits per heavy atom. The molecule has 0 bridgehead atoms. The van der Waals surface area contributed by atoms with E-state index in [1.165, 1.54) is 18.4 Å². The molecule has 0 spiro atoms. The van der Waals surface area contributed by atoms with Crippen LogP contribution in [0.1, 0.15) is 25.3 Å². The molecule has 3 nitrogen and oxygen atoms in total. The van der Waals surface area contributed by atoms with Gasteiger partial charge in [-0.25, -0.2) is 0 Å². The fourth-order valence-corrected chi connectivity index (χ4v) is 3.03. The second-order valence-corrected chi connectivity index (χ2v) is 6.13. The molecule has 112 valence electrons. The largest absolute Gasteiger partial charge is 0.395 e. The predicted octanol–water partition coefficient (Wildman–Crippen LogP) is 2.32. The third-order valence-electron chi connectivity index (χ3n) is 4.07. The first kappa shape index (κ1) is 15.8. The molecule has 0 aromatic heterocycles. The van der Waals surface area contributed by atoms with Crippen LogP contribution >= 0.6 is 11.6 Å². The standard InChI is InChI=1S/C16H25ClN2O/c1-13(11-14-4-6-15(17)7-5-14)19(9-10-20)12-16-3-2-8-18-16/h4-7,13,16,18,20H,2-3,8-12H2,1H3. The van der Waals surface area contributed by atoms with Crippen molar-refractivity contribution >= 4 is 11.6 Å². The third kappa shape index (κ3) is 4.74. The average molecular weight is 297 g/mol. The molecular weight excluding hydrogens is 272 g/mol. The summed E-state index contributed by atoms with van der Waals surface area (Å²) in [5.74, 6) is 0. The number of halogens is 1. The lowest BCUT2D eigenvalue weighted by Gasteiger charge is -2.31. The van der Waals surface area contributed by atoms with Crippen LogP contribution in [0.4, 0.5) is 0 Å². The molecule has 0 saturated carbocycles. The van der Waals surface area contributed by atoms with Gasteiger partial charge in [0.05, 0.1) is 6.61 Å². The van der Waals surface area contributed by atoms with E-state index in [1.54, 1.807) is 0 Å². The normalized spacial score (nSPS) is 20.5. The van der Waals surface area contributed by atoms with Crippen molar-refractivity contribution in [2.24, 2.45) is 0 Å². The molecule has 1 aliphatic heterocycles. The van der Waals surface area contributed by atoms with Gasteiger partial charge in [-0.15, -0.1) is 0 Å². The summed E-state index contributed by atoms with van der Waals surface area (Å²) in [6.45, 7) is 5.35. The van der Waals surface area contributed by atoms with Crippen LogP contribution in [0, 0.1) is 0 Å². The minimum atomic E-state index is 0.220. The van der Waals surface area contributed by atoms with E-state index >= 15 is 0 Å². The van der Waals surface area contributed by atoms with Crippen LogP contribution in [0.3, 0.4) is 0 Å². The SMILES string of the molecule is CC(Cc1ccc(Cl)cc1)N(CCO)CC1CCCN1. The topological polar surface area (TPSA) is 35.5 Å². The number of nitrogens with one attached hydrogen (secondary N) is 1. The van der Waals surface area contributed by atoms with Crippen LogP contribution in [-0.4, -0.2) is 48.3 Å². The molecule has 0 aliphatic carbocycles. The maximum Gasteiger partial charge on any atom is 0.0558 e. The summed E-state index contributed by atoms with van der Waals surface area (Å²) in [4.78, 5) is 2.39. The van der Waals surface area contributed by atoms with Crippen molar-refractivity contribution in [2.45, 2.75) is 38.3 Å². The van der Waals surface area contributed by atoms with Gasteiger partial charge in [-0.2, -0.15) is 0 Å². The fraction of sp³-hybridized carbons (Fsp3) is 0.625. The Labute approximate surface area is 126 Å². The number of rotatable bonds is 7. The average Bonchev–Trinajstić information content (AvgIpc) is 2.94. The van der Waals surface area contributed by atoms with Gasteiger partial charge in [0.25, 0.3) is 0 Å². The Kier molecular flexibility index (Phi) is 6.30. The zero-order valence-corrected chi connectivity index (χ0v) is 12.9. The number of nitrogens with zero attached hydrogens (tertiary/aromatic N) is 1. The van der Waals surface area contributed by atoms with Crippen molar-refractivity contribution in [3.8, 4) is 0 Å². The molecule has 1 saturated heterocycles. The smallest absolute Gasteiger partial charge is 0.0558 e. The monoisotopic (exact) mass is 296 g/mol. The first-order valence-corrected chi connectivity index (χ1v) is 7.89. The minimum Gasteiger partial charge on any atom is -0.395 e. The maximum atomic E-state index is 9.28. The summed E-state index contributed by atoms with van der Waals surface area (Å²) >= 11 is 5.92. The zero-order chi connectivity index (χ0) is 14.4. The summed E-state index contributed by atoms with van der Waals surface area (Å²) < 4.78 is 0. The Morgan fingerprint density at radius 1 is 1.40 bits per heavy atom. The van der Waals surface area contributed by atoms with Crippen LogP contribution in [0.5, 0.6) is 0 Å². The highest BCUT2D eigenvalue weighted by Gasteiger charge is 2.21. The van der Waals surface area contributed by atoms with Crippen molar-refractivity contribution in [3.63, 3.8) is 0 Å². The van der Waals surface area contributed by atoms with E-state index < -0.39 is 0 Å². The van der Waals surface area contributed by atoms with Crippen LogP contribution < -0.4 is 5.32 Å². The van der Waals surface area contributed by atoms with Crippen molar-refractivity contribution in [3.05, 3.63) is 34.9 Å². The Bertz CT molecular complexity index is 390. The quantitative estimate of drug-likeness (QED) is 0.810. The van der Waals surface area contributed by atoms with Crippen molar-refractivity contribution in [1.29, 1.82) is 0 Å². The van der Waals surface area contributed by atoms with Gasteiger partial charge in [0, 0.05) is 30.2 Å². The summed E-state index contributed by atoms with van der Waals surface area (Å²) in [7, 11) is 0.